The highest BCUT2D eigenvalue weighted by atomic mass is 16.6. The van der Waals surface area contributed by atoms with Gasteiger partial charge in [-0.25, -0.2) is 4.79 Å². The molecule has 0 radical (unpaired) electrons. The summed E-state index contributed by atoms with van der Waals surface area (Å²) in [5.41, 5.74) is 0.412. The summed E-state index contributed by atoms with van der Waals surface area (Å²) in [5.74, 6) is 1.87. The van der Waals surface area contributed by atoms with Crippen molar-refractivity contribution < 1.29 is 19.1 Å². The van der Waals surface area contributed by atoms with Crippen LogP contribution in [0, 0.1) is 23.2 Å². The van der Waals surface area contributed by atoms with E-state index in [1.807, 2.05) is 11.8 Å². The van der Waals surface area contributed by atoms with Crippen LogP contribution in [-0.4, -0.2) is 90.8 Å². The van der Waals surface area contributed by atoms with Crippen molar-refractivity contribution in [2.45, 2.75) is 44.2 Å². The van der Waals surface area contributed by atoms with Crippen LogP contribution in [-0.2, 0) is 14.3 Å². The van der Waals surface area contributed by atoms with E-state index in [-0.39, 0.29) is 17.6 Å². The number of nitrogens with zero attached hydrogens (tertiary/aromatic N) is 3. The minimum atomic E-state index is -0.146. The van der Waals surface area contributed by atoms with Crippen LogP contribution in [0.25, 0.3) is 0 Å². The van der Waals surface area contributed by atoms with Gasteiger partial charge in [-0.1, -0.05) is 0 Å². The number of carbonyl (C=O) groups excluding carboxylic acids is 2. The maximum Gasteiger partial charge on any atom is 0.409 e. The van der Waals surface area contributed by atoms with E-state index >= 15 is 0 Å². The number of piperidine rings is 1. The molecule has 7 nitrogen and oxygen atoms in total. The Bertz CT molecular complexity index is 684. The Morgan fingerprint density at radius 2 is 1.86 bits per heavy atom. The van der Waals surface area contributed by atoms with Crippen molar-refractivity contribution in [1.29, 1.82) is 0 Å². The molecule has 0 aromatic rings. The Morgan fingerprint density at radius 3 is 2.43 bits per heavy atom. The molecule has 0 N–H and O–H groups in total. The molecular formula is C21H31N3O4. The minimum Gasteiger partial charge on any atom is -0.450 e. The van der Waals surface area contributed by atoms with E-state index in [0.717, 1.165) is 58.8 Å². The van der Waals surface area contributed by atoms with Gasteiger partial charge in [-0.05, 0) is 49.9 Å². The zero-order valence-electron chi connectivity index (χ0n) is 16.8. The second-order valence-electron chi connectivity index (χ2n) is 10.2. The first-order valence-electron chi connectivity index (χ1n) is 11.1. The lowest BCUT2D eigenvalue weighted by Gasteiger charge is -2.57. The lowest BCUT2D eigenvalue weighted by molar-refractivity contribution is -0.201. The standard InChI is InChI=1S/C21H31N3O4/c1-2-28-19(26)22-5-3-20(11-22)7-14(8-20)23-9-15-16(10-23)17(15)18(25)24-6-4-21(24)12-27-13-21/h14-17H,2-13H2,1H3/t14?,15-,16+,17+,20?. The van der Waals surface area contributed by atoms with Crippen LogP contribution in [0.2, 0.25) is 0 Å². The smallest absolute Gasteiger partial charge is 0.409 e. The maximum atomic E-state index is 12.9. The predicted octanol–water partition coefficient (Wildman–Crippen LogP) is 1.18. The van der Waals surface area contributed by atoms with Gasteiger partial charge < -0.3 is 19.3 Å². The Morgan fingerprint density at radius 1 is 1.11 bits per heavy atom. The highest BCUT2D eigenvalue weighted by molar-refractivity contribution is 5.84. The Hall–Kier alpha value is -1.34. The summed E-state index contributed by atoms with van der Waals surface area (Å²) >= 11 is 0. The second-order valence-corrected chi connectivity index (χ2v) is 10.2. The molecule has 2 spiro atoms. The van der Waals surface area contributed by atoms with Crippen molar-refractivity contribution in [1.82, 2.24) is 14.7 Å². The van der Waals surface area contributed by atoms with E-state index in [0.29, 0.717) is 35.8 Å². The predicted molar refractivity (Wildman–Crippen MR) is 101 cm³/mol. The lowest BCUT2D eigenvalue weighted by atomic mass is 9.64. The molecule has 28 heavy (non-hydrogen) atoms. The van der Waals surface area contributed by atoms with Gasteiger partial charge in [0.2, 0.25) is 5.91 Å². The molecule has 6 rings (SSSR count). The van der Waals surface area contributed by atoms with Gasteiger partial charge in [0, 0.05) is 44.7 Å². The molecule has 0 unspecified atom stereocenters. The first kappa shape index (κ1) is 17.5. The van der Waals surface area contributed by atoms with Gasteiger partial charge in [-0.15, -0.1) is 0 Å². The van der Waals surface area contributed by atoms with Gasteiger partial charge in [0.25, 0.3) is 0 Å². The second kappa shape index (κ2) is 5.85. The van der Waals surface area contributed by atoms with E-state index in [4.69, 9.17) is 9.47 Å². The fourth-order valence-corrected chi connectivity index (χ4v) is 6.76. The average molecular weight is 389 g/mol. The summed E-state index contributed by atoms with van der Waals surface area (Å²) in [6, 6.07) is 0.654. The van der Waals surface area contributed by atoms with Crippen LogP contribution < -0.4 is 0 Å². The first-order chi connectivity index (χ1) is 13.5. The molecule has 0 aromatic carbocycles. The van der Waals surface area contributed by atoms with E-state index in [2.05, 4.69) is 9.80 Å². The third kappa shape index (κ3) is 2.35. The van der Waals surface area contributed by atoms with E-state index < -0.39 is 0 Å². The average Bonchev–Trinajstić information content (AvgIpc) is 2.95. The Balaban J connectivity index is 0.987. The molecule has 0 bridgehead atoms. The summed E-state index contributed by atoms with van der Waals surface area (Å²) in [6.45, 7) is 8.65. The zero-order chi connectivity index (χ0) is 19.1. The van der Waals surface area contributed by atoms with Gasteiger partial charge in [-0.3, -0.25) is 9.69 Å². The normalized spacial score (nSPS) is 42.8. The van der Waals surface area contributed by atoms with Gasteiger partial charge in [0.05, 0.1) is 25.4 Å². The van der Waals surface area contributed by atoms with Crippen LogP contribution in [0.3, 0.4) is 0 Å². The van der Waals surface area contributed by atoms with Crippen molar-refractivity contribution in [3.8, 4) is 0 Å². The molecule has 0 aromatic heterocycles. The van der Waals surface area contributed by atoms with Gasteiger partial charge in [0.1, 0.15) is 0 Å². The Labute approximate surface area is 166 Å². The summed E-state index contributed by atoms with van der Waals surface area (Å²) < 4.78 is 10.5. The summed E-state index contributed by atoms with van der Waals surface area (Å²) in [6.07, 6.45) is 4.50. The van der Waals surface area contributed by atoms with Crippen molar-refractivity contribution in [2.75, 3.05) is 52.5 Å². The van der Waals surface area contributed by atoms with Crippen molar-refractivity contribution in [3.05, 3.63) is 0 Å². The monoisotopic (exact) mass is 389 g/mol. The molecule has 6 fully saturated rings. The largest absolute Gasteiger partial charge is 0.450 e. The number of hydrogen-bond acceptors (Lipinski definition) is 5. The molecular weight excluding hydrogens is 358 g/mol. The molecule has 6 aliphatic rings. The molecule has 154 valence electrons. The molecule has 4 aliphatic heterocycles. The fraction of sp³-hybridized carbons (Fsp3) is 0.905. The SMILES string of the molecule is CCOC(=O)N1CCC2(CC(N3C[C@@H]4[C@H](C3)[C@H]4C(=O)N3CCC34COC4)C2)C1. The highest BCUT2D eigenvalue weighted by Gasteiger charge is 2.65. The highest BCUT2D eigenvalue weighted by Crippen LogP contribution is 2.58. The van der Waals surface area contributed by atoms with E-state index in [1.165, 1.54) is 12.8 Å². The number of fused-ring (bicyclic) bond motifs is 1. The lowest BCUT2D eigenvalue weighted by Crippen LogP contribution is -2.72. The molecule has 2 amide bonds. The summed E-state index contributed by atoms with van der Waals surface area (Å²) in [7, 11) is 0. The van der Waals surface area contributed by atoms with Crippen molar-refractivity contribution >= 4 is 12.0 Å². The number of amides is 2. The summed E-state index contributed by atoms with van der Waals surface area (Å²) in [5, 5.41) is 0. The van der Waals surface area contributed by atoms with Gasteiger partial charge in [0.15, 0.2) is 0 Å². The molecule has 2 aliphatic carbocycles. The Kier molecular flexibility index (Phi) is 3.66. The van der Waals surface area contributed by atoms with Crippen LogP contribution >= 0.6 is 0 Å². The van der Waals surface area contributed by atoms with Gasteiger partial charge >= 0.3 is 6.09 Å². The van der Waals surface area contributed by atoms with Crippen LogP contribution in [0.5, 0.6) is 0 Å². The zero-order valence-corrected chi connectivity index (χ0v) is 16.8. The molecule has 3 atom stereocenters. The number of ether oxygens (including phenoxy) is 2. The van der Waals surface area contributed by atoms with Crippen molar-refractivity contribution in [2.24, 2.45) is 23.2 Å². The molecule has 2 saturated carbocycles. The number of likely N-dealkylation sites (tertiary alicyclic amines) is 3. The summed E-state index contributed by atoms with van der Waals surface area (Å²) in [4.78, 5) is 31.6. The number of carbonyl (C=O) groups is 2. The number of hydrogen-bond donors (Lipinski definition) is 0. The van der Waals surface area contributed by atoms with E-state index in [9.17, 15) is 9.59 Å². The molecule has 4 saturated heterocycles. The number of rotatable bonds is 3. The van der Waals surface area contributed by atoms with E-state index in [1.54, 1.807) is 0 Å². The van der Waals surface area contributed by atoms with Crippen molar-refractivity contribution in [3.63, 3.8) is 0 Å². The van der Waals surface area contributed by atoms with Crippen LogP contribution in [0.1, 0.15) is 32.6 Å². The fourth-order valence-electron chi connectivity index (χ4n) is 6.76. The van der Waals surface area contributed by atoms with Crippen LogP contribution in [0.4, 0.5) is 4.79 Å². The molecule has 4 heterocycles. The quantitative estimate of drug-likeness (QED) is 0.725. The third-order valence-electron chi connectivity index (χ3n) is 8.71. The third-order valence-corrected chi connectivity index (χ3v) is 8.71. The van der Waals surface area contributed by atoms with Gasteiger partial charge in [-0.2, -0.15) is 0 Å². The topological polar surface area (TPSA) is 62.3 Å². The van der Waals surface area contributed by atoms with Crippen LogP contribution in [0.15, 0.2) is 0 Å². The first-order valence-corrected chi connectivity index (χ1v) is 11.1. The maximum absolute atomic E-state index is 12.9. The molecule has 7 heteroatoms. The minimum absolute atomic E-state index is 0.0846.